The summed E-state index contributed by atoms with van der Waals surface area (Å²) in [5, 5.41) is 0.576. The topological polar surface area (TPSA) is 81.3 Å². The number of morpholine rings is 1. The summed E-state index contributed by atoms with van der Waals surface area (Å²) in [6.45, 7) is 8.80. The predicted octanol–water partition coefficient (Wildman–Crippen LogP) is 8.27. The van der Waals surface area contributed by atoms with Gasteiger partial charge in [-0.05, 0) is 60.7 Å². The van der Waals surface area contributed by atoms with Gasteiger partial charge < -0.3 is 33.8 Å². The molecule has 4 aliphatic rings. The Morgan fingerprint density at radius 1 is 0.587 bits per heavy atom. The molecule has 24 heteroatoms. The van der Waals surface area contributed by atoms with Gasteiger partial charge in [0.15, 0.2) is 0 Å². The smallest absolute Gasteiger partial charge is 0.426 e. The summed E-state index contributed by atoms with van der Waals surface area (Å²) in [7, 11) is 0. The predicted molar refractivity (Wildman–Crippen MR) is 206 cm³/mol. The Hall–Kier alpha value is -4.09. The van der Waals surface area contributed by atoms with E-state index in [0.717, 1.165) is 45.3 Å². The lowest BCUT2D eigenvalue weighted by Gasteiger charge is -2.36. The van der Waals surface area contributed by atoms with Crippen LogP contribution in [0.4, 0.5) is 73.6 Å². The van der Waals surface area contributed by atoms with Crippen LogP contribution in [0.15, 0.2) is 36.4 Å². The maximum absolute atomic E-state index is 12.6. The number of nitrogens with zero attached hydrogens (tertiary/aromatic N) is 6. The van der Waals surface area contributed by atoms with Crippen LogP contribution >= 0.6 is 11.6 Å². The van der Waals surface area contributed by atoms with Crippen LogP contribution in [-0.2, 0) is 27.3 Å². The van der Waals surface area contributed by atoms with E-state index in [0.29, 0.717) is 57.5 Å². The molecule has 0 aromatic heterocycles. The second-order valence-electron chi connectivity index (χ2n) is 15.4. The fraction of sp³-hybridized carbons (Fsp3) is 0.641. The minimum Gasteiger partial charge on any atom is -0.426 e. The summed E-state index contributed by atoms with van der Waals surface area (Å²) in [5.74, 6) is 0. The summed E-state index contributed by atoms with van der Waals surface area (Å²) >= 11 is 6.15. The molecule has 11 nitrogen and oxygen atoms in total. The van der Waals surface area contributed by atoms with Gasteiger partial charge in [-0.1, -0.05) is 23.7 Å². The highest BCUT2D eigenvalue weighted by molar-refractivity contribution is 6.30. The number of rotatable bonds is 8. The Morgan fingerprint density at radius 3 is 1.44 bits per heavy atom. The third-order valence-corrected chi connectivity index (χ3v) is 11.1. The maximum atomic E-state index is 12.6. The SMILES string of the molecule is Cc1cc(N2CCCC2)ccc1CN1CCN(C(=O)OC(C(F)(F)F)C(F)(F)F)CC1.O=C(OC(C(F)(F)F)C(F)(F)F)N1CCN(Cc2ccc(Cl)cc2N2CCOCC2)CC1. The number of hydrogen-bond donors (Lipinski definition) is 0. The largest absolute Gasteiger partial charge is 0.434 e. The van der Waals surface area contributed by atoms with Crippen LogP contribution in [0.3, 0.4) is 0 Å². The monoisotopic (exact) mass is 942 g/mol. The van der Waals surface area contributed by atoms with Crippen LogP contribution in [0.1, 0.15) is 29.5 Å². The first-order valence-corrected chi connectivity index (χ1v) is 20.4. The van der Waals surface area contributed by atoms with Crippen LogP contribution in [0.25, 0.3) is 0 Å². The van der Waals surface area contributed by atoms with Gasteiger partial charge in [-0.25, -0.2) is 9.59 Å². The molecule has 354 valence electrons. The second kappa shape index (κ2) is 20.8. The Labute approximate surface area is 360 Å². The van der Waals surface area contributed by atoms with Crippen LogP contribution in [0.2, 0.25) is 5.02 Å². The number of halogens is 13. The number of alkyl halides is 12. The number of ether oxygens (including phenoxy) is 3. The molecule has 2 amide bonds. The Morgan fingerprint density at radius 2 is 1.02 bits per heavy atom. The molecular weight excluding hydrogens is 896 g/mol. The number of benzene rings is 2. The number of aryl methyl sites for hydroxylation is 1. The highest BCUT2D eigenvalue weighted by Gasteiger charge is 2.61. The van der Waals surface area contributed by atoms with Crippen molar-refractivity contribution in [2.45, 2.75) is 69.8 Å². The molecule has 4 fully saturated rings. The van der Waals surface area contributed by atoms with Crippen LogP contribution < -0.4 is 9.80 Å². The third-order valence-electron chi connectivity index (χ3n) is 10.9. The molecule has 0 unspecified atom stereocenters. The minimum atomic E-state index is -5.74. The molecule has 0 atom stereocenters. The lowest BCUT2D eigenvalue weighted by molar-refractivity contribution is -0.309. The van der Waals surface area contributed by atoms with E-state index < -0.39 is 49.1 Å². The van der Waals surface area contributed by atoms with E-state index in [4.69, 9.17) is 16.3 Å². The maximum Gasteiger partial charge on any atom is 0.434 e. The van der Waals surface area contributed by atoms with Crippen molar-refractivity contribution in [3.8, 4) is 0 Å². The lowest BCUT2D eigenvalue weighted by Crippen LogP contribution is -2.52. The van der Waals surface area contributed by atoms with Crippen molar-refractivity contribution in [1.82, 2.24) is 19.6 Å². The van der Waals surface area contributed by atoms with E-state index in [9.17, 15) is 62.3 Å². The van der Waals surface area contributed by atoms with Crippen LogP contribution in [-0.4, -0.2) is 160 Å². The number of carbonyl (C=O) groups excluding carboxylic acids is 2. The highest BCUT2D eigenvalue weighted by Crippen LogP contribution is 2.38. The van der Waals surface area contributed by atoms with Gasteiger partial charge >= 0.3 is 36.9 Å². The molecule has 0 aliphatic carbocycles. The first kappa shape index (κ1) is 49.9. The number of amides is 2. The normalized spacial score (nSPS) is 18.8. The molecule has 2 aromatic carbocycles. The van der Waals surface area contributed by atoms with Gasteiger partial charge in [0.1, 0.15) is 0 Å². The molecule has 0 radical (unpaired) electrons. The summed E-state index contributed by atoms with van der Waals surface area (Å²) in [5.41, 5.74) is 5.30. The molecule has 6 rings (SSSR count). The average Bonchev–Trinajstić information content (AvgIpc) is 3.75. The number of piperazine rings is 2. The van der Waals surface area contributed by atoms with Crippen molar-refractivity contribution < 1.29 is 76.5 Å². The Balaban J connectivity index is 0.000000238. The zero-order chi connectivity index (χ0) is 46.3. The van der Waals surface area contributed by atoms with E-state index in [1.54, 1.807) is 6.07 Å². The minimum absolute atomic E-state index is 0.00776. The molecule has 4 saturated heterocycles. The van der Waals surface area contributed by atoms with Gasteiger partial charge in [0.2, 0.25) is 0 Å². The molecule has 4 aliphatic heterocycles. The summed E-state index contributed by atoms with van der Waals surface area (Å²) < 4.78 is 164. The highest BCUT2D eigenvalue weighted by atomic mass is 35.5. The van der Waals surface area contributed by atoms with Crippen molar-refractivity contribution in [3.63, 3.8) is 0 Å². The van der Waals surface area contributed by atoms with Gasteiger partial charge in [0.25, 0.3) is 12.2 Å². The van der Waals surface area contributed by atoms with Crippen molar-refractivity contribution in [2.75, 3.05) is 102 Å². The molecule has 0 saturated carbocycles. The van der Waals surface area contributed by atoms with E-state index in [1.165, 1.54) is 18.5 Å². The standard InChI is InChI=1S/C20H25F6N3O2.C19H22ClF6N3O3/c1-14-12-16(28-6-2-3-7-28)5-4-15(14)13-27-8-10-29(11-9-27)18(30)31-17(19(21,22)23)20(24,25)26;20-14-2-1-13(15(11-14)28-7-9-31-10-8-28)12-27-3-5-29(6-4-27)17(30)32-16(18(21,22)23)19(24,25)26/h4-5,12,17H,2-3,6-11,13H2,1H3;1-2,11,16H,3-10,12H2. The molecule has 0 N–H and O–H groups in total. The molecule has 0 bridgehead atoms. The van der Waals surface area contributed by atoms with Gasteiger partial charge in [0.05, 0.1) is 13.2 Å². The zero-order valence-corrected chi connectivity index (χ0v) is 34.7. The van der Waals surface area contributed by atoms with Gasteiger partial charge in [-0.3, -0.25) is 9.80 Å². The van der Waals surface area contributed by atoms with Crippen molar-refractivity contribution in [3.05, 3.63) is 58.1 Å². The molecule has 2 aromatic rings. The fourth-order valence-electron chi connectivity index (χ4n) is 7.45. The lowest BCUT2D eigenvalue weighted by atomic mass is 10.1. The Kier molecular flexibility index (Phi) is 16.5. The van der Waals surface area contributed by atoms with Gasteiger partial charge in [0, 0.05) is 108 Å². The molecular formula is C39H47ClF12N6O5. The van der Waals surface area contributed by atoms with Crippen molar-refractivity contribution in [1.29, 1.82) is 0 Å². The molecule has 4 heterocycles. The van der Waals surface area contributed by atoms with Gasteiger partial charge in [-0.15, -0.1) is 0 Å². The van der Waals surface area contributed by atoms with E-state index >= 15 is 0 Å². The number of hydrogen-bond acceptors (Lipinski definition) is 9. The van der Waals surface area contributed by atoms with Crippen molar-refractivity contribution >= 4 is 35.2 Å². The second-order valence-corrected chi connectivity index (χ2v) is 15.8. The quantitative estimate of drug-likeness (QED) is 0.243. The average molecular weight is 943 g/mol. The van der Waals surface area contributed by atoms with Crippen LogP contribution in [0.5, 0.6) is 0 Å². The van der Waals surface area contributed by atoms with E-state index in [2.05, 4.69) is 31.4 Å². The van der Waals surface area contributed by atoms with E-state index in [1.807, 2.05) is 34.9 Å². The van der Waals surface area contributed by atoms with E-state index in [-0.39, 0.29) is 39.3 Å². The Bertz CT molecular complexity index is 1800. The fourth-order valence-corrected chi connectivity index (χ4v) is 7.61. The summed E-state index contributed by atoms with van der Waals surface area (Å²) in [6.07, 6.45) is -32.0. The zero-order valence-electron chi connectivity index (χ0n) is 34.0. The van der Waals surface area contributed by atoms with Gasteiger partial charge in [-0.2, -0.15) is 52.7 Å². The summed E-state index contributed by atoms with van der Waals surface area (Å²) in [4.78, 5) is 34.0. The van der Waals surface area contributed by atoms with Crippen LogP contribution in [0, 0.1) is 6.92 Å². The molecule has 0 spiro atoms. The summed E-state index contributed by atoms with van der Waals surface area (Å²) in [6, 6.07) is 11.7. The molecule has 63 heavy (non-hydrogen) atoms. The number of anilines is 2. The first-order valence-electron chi connectivity index (χ1n) is 20.0. The first-order chi connectivity index (χ1) is 29.4. The third kappa shape index (κ3) is 14.2. The van der Waals surface area contributed by atoms with Crippen molar-refractivity contribution in [2.24, 2.45) is 0 Å². The number of carbonyl (C=O) groups is 2.